The molecule has 1 aliphatic rings. The largest absolute Gasteiger partial charge is 0.496 e. The molecule has 1 fully saturated rings. The van der Waals surface area contributed by atoms with Crippen LogP contribution in [0.3, 0.4) is 0 Å². The van der Waals surface area contributed by atoms with E-state index in [0.29, 0.717) is 6.04 Å². The molecule has 0 saturated carbocycles. The Kier molecular flexibility index (Phi) is 5.53. The summed E-state index contributed by atoms with van der Waals surface area (Å²) >= 11 is 6.17. The topological polar surface area (TPSA) is 24.5 Å². The first-order valence-electron chi connectivity index (χ1n) is 7.83. The highest BCUT2D eigenvalue weighted by Crippen LogP contribution is 2.30. The molecule has 1 heterocycles. The van der Waals surface area contributed by atoms with Gasteiger partial charge in [-0.1, -0.05) is 25.4 Å². The van der Waals surface area contributed by atoms with Gasteiger partial charge in [-0.25, -0.2) is 0 Å². The maximum atomic E-state index is 6.17. The zero-order chi connectivity index (χ0) is 15.5. The third kappa shape index (κ3) is 3.71. The highest BCUT2D eigenvalue weighted by atomic mass is 35.5. The number of methoxy groups -OCH3 is 1. The van der Waals surface area contributed by atoms with Gasteiger partial charge in [-0.2, -0.15) is 0 Å². The first-order valence-corrected chi connectivity index (χ1v) is 8.21. The Hall–Kier alpha value is -0.770. The van der Waals surface area contributed by atoms with Gasteiger partial charge in [0, 0.05) is 41.8 Å². The molecular weight excluding hydrogens is 284 g/mol. The van der Waals surface area contributed by atoms with Crippen LogP contribution in [0.2, 0.25) is 5.02 Å². The van der Waals surface area contributed by atoms with Crippen molar-refractivity contribution in [3.8, 4) is 5.75 Å². The predicted octanol–water partition coefficient (Wildman–Crippen LogP) is 3.70. The average Bonchev–Trinajstić information content (AvgIpc) is 2.50. The van der Waals surface area contributed by atoms with Crippen molar-refractivity contribution in [2.45, 2.75) is 51.7 Å². The average molecular weight is 311 g/mol. The molecule has 0 amide bonds. The van der Waals surface area contributed by atoms with Crippen LogP contribution in [0.15, 0.2) is 18.2 Å². The number of hydrogen-bond donors (Lipinski definition) is 1. The van der Waals surface area contributed by atoms with E-state index in [1.807, 2.05) is 18.2 Å². The lowest BCUT2D eigenvalue weighted by Gasteiger charge is -2.48. The molecule has 2 atom stereocenters. The van der Waals surface area contributed by atoms with Gasteiger partial charge in [0.05, 0.1) is 7.11 Å². The fourth-order valence-electron chi connectivity index (χ4n) is 2.98. The number of nitrogens with zero attached hydrogens (tertiary/aromatic N) is 1. The van der Waals surface area contributed by atoms with E-state index < -0.39 is 0 Å². The summed E-state index contributed by atoms with van der Waals surface area (Å²) in [7, 11) is 1.72. The van der Waals surface area contributed by atoms with Crippen molar-refractivity contribution >= 4 is 11.6 Å². The smallest absolute Gasteiger partial charge is 0.123 e. The van der Waals surface area contributed by atoms with Crippen LogP contribution in [-0.4, -0.2) is 36.7 Å². The molecule has 118 valence electrons. The van der Waals surface area contributed by atoms with Crippen LogP contribution in [-0.2, 0) is 6.54 Å². The number of benzene rings is 1. The molecule has 0 aromatic heterocycles. The van der Waals surface area contributed by atoms with Crippen molar-refractivity contribution in [3.63, 3.8) is 0 Å². The third-order valence-electron chi connectivity index (χ3n) is 4.83. The molecule has 1 N–H and O–H groups in total. The van der Waals surface area contributed by atoms with Gasteiger partial charge in [0.2, 0.25) is 0 Å². The monoisotopic (exact) mass is 310 g/mol. The second-order valence-corrected chi connectivity index (χ2v) is 6.61. The number of nitrogens with one attached hydrogen (secondary N) is 1. The molecule has 1 aromatic rings. The minimum atomic E-state index is 0.180. The summed E-state index contributed by atoms with van der Waals surface area (Å²) in [4.78, 5) is 2.58. The number of ether oxygens (including phenoxy) is 1. The van der Waals surface area contributed by atoms with Crippen LogP contribution < -0.4 is 10.1 Å². The first kappa shape index (κ1) is 16.6. The second-order valence-electron chi connectivity index (χ2n) is 6.17. The fourth-order valence-corrected chi connectivity index (χ4v) is 3.18. The normalized spacial score (nSPS) is 26.8. The summed E-state index contributed by atoms with van der Waals surface area (Å²) in [5, 5.41) is 4.44. The lowest BCUT2D eigenvalue weighted by atomic mass is 9.91. The molecule has 21 heavy (non-hydrogen) atoms. The van der Waals surface area contributed by atoms with Crippen LogP contribution in [0.4, 0.5) is 0 Å². The summed E-state index contributed by atoms with van der Waals surface area (Å²) in [6, 6.07) is 6.44. The molecule has 1 aliphatic heterocycles. The van der Waals surface area contributed by atoms with Crippen molar-refractivity contribution in [2.75, 3.05) is 20.2 Å². The molecule has 4 heteroatoms. The quantitative estimate of drug-likeness (QED) is 0.897. The lowest BCUT2D eigenvalue weighted by Crippen LogP contribution is -2.62. The summed E-state index contributed by atoms with van der Waals surface area (Å²) < 4.78 is 5.50. The lowest BCUT2D eigenvalue weighted by molar-refractivity contribution is 0.0402. The zero-order valence-electron chi connectivity index (χ0n) is 13.6. The second kappa shape index (κ2) is 6.99. The standard InChI is InChI=1S/C17H27ClN2O/c1-5-15-11-20(17(3,6-2)12-19-15)10-13-9-14(18)7-8-16(13)21-4/h7-9,15,19H,5-6,10-12H2,1-4H3. The van der Waals surface area contributed by atoms with Gasteiger partial charge < -0.3 is 10.1 Å². The number of hydrogen-bond acceptors (Lipinski definition) is 3. The van der Waals surface area contributed by atoms with Gasteiger partial charge in [0.1, 0.15) is 5.75 Å². The minimum Gasteiger partial charge on any atom is -0.496 e. The molecule has 2 unspecified atom stereocenters. The molecule has 1 saturated heterocycles. The van der Waals surface area contributed by atoms with Gasteiger partial charge in [-0.05, 0) is 38.0 Å². The fraction of sp³-hybridized carbons (Fsp3) is 0.647. The zero-order valence-corrected chi connectivity index (χ0v) is 14.3. The van der Waals surface area contributed by atoms with E-state index in [-0.39, 0.29) is 5.54 Å². The maximum Gasteiger partial charge on any atom is 0.123 e. The van der Waals surface area contributed by atoms with Gasteiger partial charge in [-0.15, -0.1) is 0 Å². The Bertz CT molecular complexity index is 480. The van der Waals surface area contributed by atoms with E-state index in [1.165, 1.54) is 5.56 Å². The van der Waals surface area contributed by atoms with E-state index in [2.05, 4.69) is 31.0 Å². The van der Waals surface area contributed by atoms with Crippen LogP contribution in [0.1, 0.15) is 39.2 Å². The van der Waals surface area contributed by atoms with Gasteiger partial charge in [0.15, 0.2) is 0 Å². The third-order valence-corrected chi connectivity index (χ3v) is 5.07. The SMILES string of the molecule is CCC1CN(Cc2cc(Cl)ccc2OC)C(C)(CC)CN1. The maximum absolute atomic E-state index is 6.17. The summed E-state index contributed by atoms with van der Waals surface area (Å²) in [6.07, 6.45) is 2.28. The molecule has 2 rings (SSSR count). The molecule has 0 spiro atoms. The van der Waals surface area contributed by atoms with Crippen LogP contribution >= 0.6 is 11.6 Å². The molecule has 1 aromatic carbocycles. The van der Waals surface area contributed by atoms with E-state index in [0.717, 1.165) is 43.2 Å². The van der Waals surface area contributed by atoms with Crippen molar-refractivity contribution in [2.24, 2.45) is 0 Å². The summed E-state index contributed by atoms with van der Waals surface area (Å²) in [6.45, 7) is 9.82. The predicted molar refractivity (Wildman–Crippen MR) is 89.2 cm³/mol. The highest BCUT2D eigenvalue weighted by Gasteiger charge is 2.36. The highest BCUT2D eigenvalue weighted by molar-refractivity contribution is 6.30. The number of rotatable bonds is 5. The van der Waals surface area contributed by atoms with Crippen LogP contribution in [0.5, 0.6) is 5.75 Å². The first-order chi connectivity index (χ1) is 10.0. The Labute approximate surface area is 133 Å². The van der Waals surface area contributed by atoms with Crippen LogP contribution in [0.25, 0.3) is 0 Å². The van der Waals surface area contributed by atoms with E-state index in [9.17, 15) is 0 Å². The van der Waals surface area contributed by atoms with E-state index >= 15 is 0 Å². The molecule has 0 radical (unpaired) electrons. The van der Waals surface area contributed by atoms with Crippen LogP contribution in [0, 0.1) is 0 Å². The van der Waals surface area contributed by atoms with Gasteiger partial charge in [-0.3, -0.25) is 4.90 Å². The van der Waals surface area contributed by atoms with Crippen molar-refractivity contribution in [1.82, 2.24) is 10.2 Å². The Balaban J connectivity index is 2.23. The summed E-state index contributed by atoms with van der Waals surface area (Å²) in [5.41, 5.74) is 1.35. The molecule has 0 bridgehead atoms. The Morgan fingerprint density at radius 1 is 1.43 bits per heavy atom. The Morgan fingerprint density at radius 3 is 2.81 bits per heavy atom. The number of piperazine rings is 1. The van der Waals surface area contributed by atoms with Crippen molar-refractivity contribution in [1.29, 1.82) is 0 Å². The van der Waals surface area contributed by atoms with Crippen molar-refractivity contribution < 1.29 is 4.74 Å². The van der Waals surface area contributed by atoms with E-state index in [4.69, 9.17) is 16.3 Å². The molecule has 0 aliphatic carbocycles. The molecule has 3 nitrogen and oxygen atoms in total. The molecular formula is C17H27ClN2O. The van der Waals surface area contributed by atoms with Gasteiger partial charge >= 0.3 is 0 Å². The van der Waals surface area contributed by atoms with E-state index in [1.54, 1.807) is 7.11 Å². The van der Waals surface area contributed by atoms with Crippen molar-refractivity contribution in [3.05, 3.63) is 28.8 Å². The Morgan fingerprint density at radius 2 is 2.19 bits per heavy atom. The van der Waals surface area contributed by atoms with Gasteiger partial charge in [0.25, 0.3) is 0 Å². The minimum absolute atomic E-state index is 0.180. The summed E-state index contributed by atoms with van der Waals surface area (Å²) in [5.74, 6) is 0.921. The number of halogens is 1.